The van der Waals surface area contributed by atoms with E-state index in [2.05, 4.69) is 54.7 Å². The van der Waals surface area contributed by atoms with Crippen molar-refractivity contribution in [2.45, 2.75) is 59.3 Å². The van der Waals surface area contributed by atoms with Gasteiger partial charge in [0.05, 0.1) is 43.7 Å². The van der Waals surface area contributed by atoms with Crippen molar-refractivity contribution in [1.82, 2.24) is 49.3 Å². The number of nitrogens with zero attached hydrogens (tertiary/aromatic N) is 14. The van der Waals surface area contributed by atoms with Crippen molar-refractivity contribution in [3.8, 4) is 11.6 Å². The Morgan fingerprint density at radius 2 is 1.20 bits per heavy atom. The summed E-state index contributed by atoms with van der Waals surface area (Å²) in [5, 5.41) is 44.1. The van der Waals surface area contributed by atoms with Crippen molar-refractivity contribution >= 4 is 40.8 Å². The van der Waals surface area contributed by atoms with Gasteiger partial charge in [-0.15, -0.1) is 30.7 Å². The number of rotatable bonds is 14. The number of ether oxygens (including phenoxy) is 2. The van der Waals surface area contributed by atoms with Gasteiger partial charge in [-0.2, -0.15) is 25.1 Å². The number of hydrogen-bond acceptors (Lipinski definition) is 15. The molecule has 5 aromatic rings. The monoisotopic (exact) mass is 685 g/mol. The first-order valence-corrected chi connectivity index (χ1v) is 16.0. The Kier molecular flexibility index (Phi) is 10.8. The quantitative estimate of drug-likeness (QED) is 0.117. The molecule has 0 aliphatic heterocycles. The number of esters is 2. The normalized spacial score (nSPS) is 11.7. The first-order valence-electron chi connectivity index (χ1n) is 16.0. The minimum absolute atomic E-state index is 0.167. The van der Waals surface area contributed by atoms with Gasteiger partial charge in [0.2, 0.25) is 0 Å². The first-order chi connectivity index (χ1) is 24.1. The van der Waals surface area contributed by atoms with E-state index in [1.807, 2.05) is 6.92 Å². The summed E-state index contributed by atoms with van der Waals surface area (Å²) >= 11 is 0. The maximum Gasteiger partial charge on any atom is 0.343 e. The molecule has 262 valence electrons. The highest BCUT2D eigenvalue weighted by Gasteiger charge is 2.22. The van der Waals surface area contributed by atoms with E-state index in [-0.39, 0.29) is 28.6 Å². The second kappa shape index (κ2) is 15.4. The van der Waals surface area contributed by atoms with Crippen molar-refractivity contribution in [3.63, 3.8) is 0 Å². The number of nitrogens with two attached hydrogens (primary N) is 1. The lowest BCUT2D eigenvalue weighted by molar-refractivity contribution is 0.0592. The minimum Gasteiger partial charge on any atom is -0.465 e. The smallest absolute Gasteiger partial charge is 0.343 e. The van der Waals surface area contributed by atoms with Gasteiger partial charge in [-0.25, -0.2) is 23.6 Å². The number of unbranched alkanes of at least 4 members (excludes halogenated alkanes) is 2. The number of hydrogen-bond donors (Lipinski definition) is 1. The van der Waals surface area contributed by atoms with Crippen molar-refractivity contribution in [2.24, 2.45) is 34.6 Å². The van der Waals surface area contributed by atoms with Crippen molar-refractivity contribution in [3.05, 3.63) is 52.7 Å². The highest BCUT2D eigenvalue weighted by Crippen LogP contribution is 2.33. The Morgan fingerprint density at radius 3 is 1.68 bits per heavy atom. The molecule has 0 saturated carbocycles. The largest absolute Gasteiger partial charge is 0.465 e. The molecule has 0 fully saturated rings. The third-order valence-electron chi connectivity index (χ3n) is 7.84. The number of aryl methyl sites for hydroxylation is 4. The summed E-state index contributed by atoms with van der Waals surface area (Å²) in [5.74, 6) is 0.308. The number of anilines is 1. The van der Waals surface area contributed by atoms with Crippen LogP contribution in [-0.2, 0) is 36.4 Å². The standard InChI is InChI=1S/C31H39N15O4/c1-8-10-12-21-25(37-39-28-19(30(47)49-6)16-33-43(28)4)18(3)45(41-21)23-14-15-24(36-35-23)46-27(32)26(22(42-46)13-11-9-2)38-40-29-20(31(48)50-7)17-34-44(29)5/h14-17H,8-13,32H2,1-7H3/b39-37+,40-38+. The zero-order chi connectivity index (χ0) is 35.9. The second-order valence-corrected chi connectivity index (χ2v) is 11.2. The minimum atomic E-state index is -0.585. The lowest BCUT2D eigenvalue weighted by Crippen LogP contribution is -2.08. The average molecular weight is 686 g/mol. The molecule has 5 rings (SSSR count). The Labute approximate surface area is 287 Å². The van der Waals surface area contributed by atoms with Crippen molar-refractivity contribution < 1.29 is 19.1 Å². The molecule has 0 radical (unpaired) electrons. The Hall–Kier alpha value is -6.14. The number of methoxy groups -OCH3 is 2. The summed E-state index contributed by atoms with van der Waals surface area (Å²) < 4.78 is 15.7. The zero-order valence-corrected chi connectivity index (χ0v) is 29.0. The van der Waals surface area contributed by atoms with Crippen LogP contribution in [-0.4, -0.2) is 75.5 Å². The molecule has 5 aromatic heterocycles. The molecule has 0 aliphatic rings. The van der Waals surface area contributed by atoms with Gasteiger partial charge in [0.1, 0.15) is 16.8 Å². The van der Waals surface area contributed by atoms with Gasteiger partial charge in [-0.05, 0) is 44.7 Å². The molecule has 0 saturated heterocycles. The molecule has 19 heteroatoms. The fourth-order valence-corrected chi connectivity index (χ4v) is 5.03. The number of carbonyl (C=O) groups excluding carboxylic acids is 2. The topological polar surface area (TPSA) is 225 Å². The second-order valence-electron chi connectivity index (χ2n) is 11.2. The fourth-order valence-electron chi connectivity index (χ4n) is 5.03. The molecule has 0 spiro atoms. The fraction of sp³-hybridized carbons (Fsp3) is 0.419. The molecule has 19 nitrogen and oxygen atoms in total. The zero-order valence-electron chi connectivity index (χ0n) is 29.0. The molecule has 0 atom stereocenters. The van der Waals surface area contributed by atoms with Gasteiger partial charge in [0, 0.05) is 14.1 Å². The van der Waals surface area contributed by atoms with Crippen LogP contribution in [0.4, 0.5) is 28.8 Å². The summed E-state index contributed by atoms with van der Waals surface area (Å²) in [6.45, 7) is 6.02. The van der Waals surface area contributed by atoms with Gasteiger partial charge < -0.3 is 15.2 Å². The summed E-state index contributed by atoms with van der Waals surface area (Å²) in [7, 11) is 5.88. The molecular formula is C31H39N15O4. The van der Waals surface area contributed by atoms with E-state index >= 15 is 0 Å². The molecule has 2 N–H and O–H groups in total. The number of azo groups is 2. The van der Waals surface area contributed by atoms with Crippen LogP contribution in [0.1, 0.15) is 77.3 Å². The third kappa shape index (κ3) is 7.01. The summed E-state index contributed by atoms with van der Waals surface area (Å²) in [4.78, 5) is 24.4. The highest BCUT2D eigenvalue weighted by atomic mass is 16.5. The third-order valence-corrected chi connectivity index (χ3v) is 7.84. The Balaban J connectivity index is 1.49. The van der Waals surface area contributed by atoms with E-state index in [4.69, 9.17) is 25.4 Å². The molecule has 50 heavy (non-hydrogen) atoms. The van der Waals surface area contributed by atoms with Crippen LogP contribution < -0.4 is 5.73 Å². The lowest BCUT2D eigenvalue weighted by atomic mass is 10.2. The molecule has 0 bridgehead atoms. The van der Waals surface area contributed by atoms with Gasteiger partial charge in [0.25, 0.3) is 0 Å². The van der Waals surface area contributed by atoms with E-state index in [0.29, 0.717) is 47.2 Å². The predicted octanol–water partition coefficient (Wildman–Crippen LogP) is 5.29. The van der Waals surface area contributed by atoms with Crippen LogP contribution in [0.3, 0.4) is 0 Å². The number of aromatic nitrogens is 10. The Bertz CT molecular complexity index is 1900. The maximum atomic E-state index is 12.2. The molecule has 0 aliphatic carbocycles. The maximum absolute atomic E-state index is 12.2. The predicted molar refractivity (Wildman–Crippen MR) is 180 cm³/mol. The number of carbonyl (C=O) groups is 2. The van der Waals surface area contributed by atoms with Crippen molar-refractivity contribution in [1.29, 1.82) is 0 Å². The van der Waals surface area contributed by atoms with Crippen LogP contribution in [0.25, 0.3) is 11.6 Å². The van der Waals surface area contributed by atoms with E-state index in [1.54, 1.807) is 30.9 Å². The molecule has 0 aromatic carbocycles. The van der Waals surface area contributed by atoms with Gasteiger partial charge >= 0.3 is 11.9 Å². The van der Waals surface area contributed by atoms with Crippen molar-refractivity contribution in [2.75, 3.05) is 20.0 Å². The SMILES string of the molecule is CCCCc1nn(-c2ccc(-n3nc(CCCC)c(/N=N/c4c(C(=O)OC)cnn4C)c3N)nn2)c(C)c1/N=N/c1c(C(=O)OC)cnn1C. The summed E-state index contributed by atoms with van der Waals surface area (Å²) in [6.07, 6.45) is 7.59. The van der Waals surface area contributed by atoms with Gasteiger partial charge in [0.15, 0.2) is 34.8 Å². The summed E-state index contributed by atoms with van der Waals surface area (Å²) in [6, 6.07) is 3.47. The average Bonchev–Trinajstić information content (AvgIpc) is 3.86. The van der Waals surface area contributed by atoms with Gasteiger partial charge in [-0.1, -0.05) is 26.7 Å². The molecule has 5 heterocycles. The number of nitrogen functional groups attached to an aromatic ring is 1. The van der Waals surface area contributed by atoms with Crippen LogP contribution in [0, 0.1) is 6.92 Å². The molecule has 0 amide bonds. The van der Waals surface area contributed by atoms with E-state index in [9.17, 15) is 9.59 Å². The van der Waals surface area contributed by atoms with Crippen LogP contribution >= 0.6 is 0 Å². The highest BCUT2D eigenvalue weighted by molar-refractivity contribution is 5.94. The van der Waals surface area contributed by atoms with E-state index < -0.39 is 11.9 Å². The van der Waals surface area contributed by atoms with Gasteiger partial charge in [-0.3, -0.25) is 0 Å². The van der Waals surface area contributed by atoms with E-state index in [1.165, 1.54) is 40.7 Å². The summed E-state index contributed by atoms with van der Waals surface area (Å²) in [5.41, 5.74) is 9.84. The van der Waals surface area contributed by atoms with E-state index in [0.717, 1.165) is 31.4 Å². The van der Waals surface area contributed by atoms with Crippen LogP contribution in [0.15, 0.2) is 45.0 Å². The molecule has 0 unspecified atom stereocenters. The Morgan fingerprint density at radius 1 is 0.740 bits per heavy atom. The first kappa shape index (κ1) is 35.2. The van der Waals surface area contributed by atoms with Crippen LogP contribution in [0.5, 0.6) is 0 Å². The lowest BCUT2D eigenvalue weighted by Gasteiger charge is -2.05. The molecular weight excluding hydrogens is 646 g/mol. The van der Waals surface area contributed by atoms with Crippen LogP contribution in [0.2, 0.25) is 0 Å².